The van der Waals surface area contributed by atoms with Crippen molar-refractivity contribution in [1.82, 2.24) is 4.98 Å². The minimum absolute atomic E-state index is 0.158. The van der Waals surface area contributed by atoms with Crippen LogP contribution in [0.15, 0.2) is 36.4 Å². The molecule has 1 N–H and O–H groups in total. The zero-order valence-corrected chi connectivity index (χ0v) is 10.8. The van der Waals surface area contributed by atoms with Crippen molar-refractivity contribution < 1.29 is 9.90 Å². The standard InChI is InChI=1S/C15H16N2O2/c1-10-8-17(9-12(10)15(18)19)14-7-6-11-4-2-3-5-13(11)16-14/h2-7,10,12H,8-9H2,1H3,(H,18,19). The number of hydrogen-bond acceptors (Lipinski definition) is 3. The predicted octanol–water partition coefficient (Wildman–Crippen LogP) is 2.39. The van der Waals surface area contributed by atoms with Crippen molar-refractivity contribution in [2.75, 3.05) is 18.0 Å². The number of para-hydroxylation sites is 1. The van der Waals surface area contributed by atoms with Gasteiger partial charge in [0.2, 0.25) is 0 Å². The summed E-state index contributed by atoms with van der Waals surface area (Å²) < 4.78 is 0. The van der Waals surface area contributed by atoms with Gasteiger partial charge in [0.05, 0.1) is 11.4 Å². The van der Waals surface area contributed by atoms with Crippen LogP contribution in [0.4, 0.5) is 5.82 Å². The van der Waals surface area contributed by atoms with Crippen molar-refractivity contribution in [3.63, 3.8) is 0 Å². The van der Waals surface area contributed by atoms with E-state index in [1.54, 1.807) is 0 Å². The third-order valence-electron chi connectivity index (χ3n) is 3.84. The van der Waals surface area contributed by atoms with Gasteiger partial charge in [-0.15, -0.1) is 0 Å². The van der Waals surface area contributed by atoms with Gasteiger partial charge in [0.1, 0.15) is 5.82 Å². The highest BCUT2D eigenvalue weighted by molar-refractivity contribution is 5.80. The smallest absolute Gasteiger partial charge is 0.308 e. The first-order valence-corrected chi connectivity index (χ1v) is 6.48. The van der Waals surface area contributed by atoms with Crippen LogP contribution in [0.2, 0.25) is 0 Å². The molecular formula is C15H16N2O2. The molecule has 0 radical (unpaired) electrons. The maximum absolute atomic E-state index is 11.2. The molecule has 19 heavy (non-hydrogen) atoms. The molecule has 2 atom stereocenters. The predicted molar refractivity (Wildman–Crippen MR) is 74.2 cm³/mol. The highest BCUT2D eigenvalue weighted by Gasteiger charge is 2.35. The molecule has 0 bridgehead atoms. The number of nitrogens with zero attached hydrogens (tertiary/aromatic N) is 2. The van der Waals surface area contributed by atoms with Crippen molar-refractivity contribution in [2.24, 2.45) is 11.8 Å². The van der Waals surface area contributed by atoms with Crippen LogP contribution in [0.1, 0.15) is 6.92 Å². The van der Waals surface area contributed by atoms with E-state index >= 15 is 0 Å². The Morgan fingerprint density at radius 2 is 2.05 bits per heavy atom. The van der Waals surface area contributed by atoms with Crippen molar-refractivity contribution in [3.05, 3.63) is 36.4 Å². The Bertz CT molecular complexity index is 626. The maximum Gasteiger partial charge on any atom is 0.308 e. The number of aliphatic carboxylic acids is 1. The summed E-state index contributed by atoms with van der Waals surface area (Å²) in [5.74, 6) is 0.0177. The first-order chi connectivity index (χ1) is 9.15. The maximum atomic E-state index is 11.2. The Morgan fingerprint density at radius 1 is 1.26 bits per heavy atom. The van der Waals surface area contributed by atoms with E-state index in [4.69, 9.17) is 0 Å². The highest BCUT2D eigenvalue weighted by atomic mass is 16.4. The largest absolute Gasteiger partial charge is 0.481 e. The second-order valence-electron chi connectivity index (χ2n) is 5.19. The second-order valence-corrected chi connectivity index (χ2v) is 5.19. The molecule has 1 saturated heterocycles. The first kappa shape index (κ1) is 12.0. The van der Waals surface area contributed by atoms with Crippen LogP contribution in [0.25, 0.3) is 10.9 Å². The van der Waals surface area contributed by atoms with E-state index in [1.807, 2.05) is 43.3 Å². The normalized spacial score (nSPS) is 22.9. The SMILES string of the molecule is CC1CN(c2ccc3ccccc3n2)CC1C(=O)O. The molecule has 2 heterocycles. The van der Waals surface area contributed by atoms with E-state index in [0.29, 0.717) is 6.54 Å². The zero-order chi connectivity index (χ0) is 13.4. The molecule has 0 aliphatic carbocycles. The van der Waals surface area contributed by atoms with Gasteiger partial charge in [-0.2, -0.15) is 0 Å². The summed E-state index contributed by atoms with van der Waals surface area (Å²) in [6.45, 7) is 3.28. The summed E-state index contributed by atoms with van der Waals surface area (Å²) in [5.41, 5.74) is 0.950. The molecule has 1 aliphatic rings. The van der Waals surface area contributed by atoms with E-state index in [1.165, 1.54) is 0 Å². The van der Waals surface area contributed by atoms with Gasteiger partial charge in [-0.05, 0) is 24.1 Å². The van der Waals surface area contributed by atoms with E-state index in [-0.39, 0.29) is 11.8 Å². The lowest BCUT2D eigenvalue weighted by Gasteiger charge is -2.17. The van der Waals surface area contributed by atoms with Gasteiger partial charge >= 0.3 is 5.97 Å². The number of carboxylic acids is 1. The molecule has 4 nitrogen and oxygen atoms in total. The van der Waals surface area contributed by atoms with Gasteiger partial charge in [0.15, 0.2) is 0 Å². The summed E-state index contributed by atoms with van der Waals surface area (Å²) in [6, 6.07) is 12.0. The minimum Gasteiger partial charge on any atom is -0.481 e. The van der Waals surface area contributed by atoms with Gasteiger partial charge < -0.3 is 10.0 Å². The fourth-order valence-corrected chi connectivity index (χ4v) is 2.71. The number of benzene rings is 1. The Morgan fingerprint density at radius 3 is 2.79 bits per heavy atom. The quantitative estimate of drug-likeness (QED) is 0.896. The molecule has 0 saturated carbocycles. The lowest BCUT2D eigenvalue weighted by atomic mass is 9.99. The lowest BCUT2D eigenvalue weighted by molar-refractivity contribution is -0.142. The Kier molecular flexibility index (Phi) is 2.85. The van der Waals surface area contributed by atoms with Crippen LogP contribution in [-0.4, -0.2) is 29.1 Å². The summed E-state index contributed by atoms with van der Waals surface area (Å²) in [6.07, 6.45) is 0. The van der Waals surface area contributed by atoms with Gasteiger partial charge in [0.25, 0.3) is 0 Å². The molecule has 1 aliphatic heterocycles. The lowest BCUT2D eigenvalue weighted by Crippen LogP contribution is -2.23. The summed E-state index contributed by atoms with van der Waals surface area (Å²) in [5, 5.41) is 10.3. The second kappa shape index (κ2) is 4.53. The van der Waals surface area contributed by atoms with Crippen LogP contribution >= 0.6 is 0 Å². The van der Waals surface area contributed by atoms with Crippen molar-refractivity contribution in [1.29, 1.82) is 0 Å². The number of carboxylic acid groups (broad SMARTS) is 1. The minimum atomic E-state index is -0.712. The molecule has 1 fully saturated rings. The number of pyridine rings is 1. The topological polar surface area (TPSA) is 53.4 Å². The fraction of sp³-hybridized carbons (Fsp3) is 0.333. The molecule has 0 spiro atoms. The molecule has 2 unspecified atom stereocenters. The number of anilines is 1. The number of fused-ring (bicyclic) bond motifs is 1. The van der Waals surface area contributed by atoms with Crippen LogP contribution in [-0.2, 0) is 4.79 Å². The Labute approximate surface area is 111 Å². The molecule has 1 aromatic heterocycles. The Balaban J connectivity index is 1.91. The highest BCUT2D eigenvalue weighted by Crippen LogP contribution is 2.28. The molecule has 98 valence electrons. The molecule has 2 aromatic rings. The van der Waals surface area contributed by atoms with Crippen LogP contribution in [0.5, 0.6) is 0 Å². The van der Waals surface area contributed by atoms with Gasteiger partial charge in [-0.25, -0.2) is 4.98 Å². The third-order valence-corrected chi connectivity index (χ3v) is 3.84. The summed E-state index contributed by atoms with van der Waals surface area (Å²) in [4.78, 5) is 17.8. The van der Waals surface area contributed by atoms with Crippen molar-refractivity contribution >= 4 is 22.7 Å². The average Bonchev–Trinajstić information content (AvgIpc) is 2.80. The molecule has 1 aromatic carbocycles. The van der Waals surface area contributed by atoms with E-state index in [9.17, 15) is 9.90 Å². The van der Waals surface area contributed by atoms with Crippen molar-refractivity contribution in [2.45, 2.75) is 6.92 Å². The third kappa shape index (κ3) is 2.14. The molecule has 3 rings (SSSR count). The van der Waals surface area contributed by atoms with E-state index in [0.717, 1.165) is 23.3 Å². The zero-order valence-electron chi connectivity index (χ0n) is 10.8. The fourth-order valence-electron chi connectivity index (χ4n) is 2.71. The number of aromatic nitrogens is 1. The van der Waals surface area contributed by atoms with Gasteiger partial charge in [-0.1, -0.05) is 25.1 Å². The van der Waals surface area contributed by atoms with Crippen LogP contribution in [0, 0.1) is 11.8 Å². The Hall–Kier alpha value is -2.10. The number of hydrogen-bond donors (Lipinski definition) is 1. The molecule has 0 amide bonds. The number of rotatable bonds is 2. The monoisotopic (exact) mass is 256 g/mol. The first-order valence-electron chi connectivity index (χ1n) is 6.48. The van der Waals surface area contributed by atoms with Crippen LogP contribution in [0.3, 0.4) is 0 Å². The van der Waals surface area contributed by atoms with Crippen LogP contribution < -0.4 is 4.90 Å². The summed E-state index contributed by atoms with van der Waals surface area (Å²) in [7, 11) is 0. The van der Waals surface area contributed by atoms with Gasteiger partial charge in [0, 0.05) is 18.5 Å². The number of carbonyl (C=O) groups is 1. The van der Waals surface area contributed by atoms with Crippen molar-refractivity contribution in [3.8, 4) is 0 Å². The molecule has 4 heteroatoms. The van der Waals surface area contributed by atoms with E-state index < -0.39 is 5.97 Å². The average molecular weight is 256 g/mol. The van der Waals surface area contributed by atoms with Gasteiger partial charge in [-0.3, -0.25) is 4.79 Å². The molecular weight excluding hydrogens is 240 g/mol. The van der Waals surface area contributed by atoms with E-state index in [2.05, 4.69) is 9.88 Å². The summed E-state index contributed by atoms with van der Waals surface area (Å²) >= 11 is 0.